The number of thiophene rings is 1. The molecule has 140 valence electrons. The summed E-state index contributed by atoms with van der Waals surface area (Å²) in [6.45, 7) is 0.218. The van der Waals surface area contributed by atoms with Crippen LogP contribution >= 0.6 is 35.3 Å². The highest BCUT2D eigenvalue weighted by Gasteiger charge is 2.32. The lowest BCUT2D eigenvalue weighted by Crippen LogP contribution is -2.29. The molecular weight excluding hydrogens is 412 g/mol. The zero-order valence-electron chi connectivity index (χ0n) is 13.6. The fraction of sp³-hybridized carbons (Fsp3) is 0.188. The quantitative estimate of drug-likeness (QED) is 0.307. The maximum absolute atomic E-state index is 12.5. The van der Waals surface area contributed by atoms with Gasteiger partial charge >= 0.3 is 5.97 Å². The van der Waals surface area contributed by atoms with E-state index in [4.69, 9.17) is 21.7 Å². The lowest BCUT2D eigenvalue weighted by molar-refractivity contribution is -0.383. The maximum Gasteiger partial charge on any atom is 0.303 e. The van der Waals surface area contributed by atoms with Gasteiger partial charge in [0.05, 0.1) is 27.0 Å². The van der Waals surface area contributed by atoms with Crippen LogP contribution in [0, 0.1) is 10.1 Å². The molecule has 0 unspecified atom stereocenters. The number of amides is 1. The molecule has 27 heavy (non-hydrogen) atoms. The molecule has 1 N–H and O–H groups in total. The molecule has 8 nitrogen and oxygen atoms in total. The number of carbonyl (C=O) groups is 2. The number of aliphatic carboxylic acids is 1. The van der Waals surface area contributed by atoms with Crippen molar-refractivity contribution in [2.75, 3.05) is 6.54 Å². The monoisotopic (exact) mass is 424 g/mol. The van der Waals surface area contributed by atoms with Crippen LogP contribution in [0.3, 0.4) is 0 Å². The predicted octanol–water partition coefficient (Wildman–Crippen LogP) is 3.98. The van der Waals surface area contributed by atoms with Crippen molar-refractivity contribution in [2.45, 2.75) is 12.8 Å². The average molecular weight is 424 g/mol. The number of carbonyl (C=O) groups excluding carboxylic acids is 1. The van der Waals surface area contributed by atoms with E-state index < -0.39 is 10.9 Å². The summed E-state index contributed by atoms with van der Waals surface area (Å²) in [6, 6.07) is 1.61. The summed E-state index contributed by atoms with van der Waals surface area (Å²) in [7, 11) is 0. The average Bonchev–Trinajstić information content (AvgIpc) is 3.30. The van der Waals surface area contributed by atoms with E-state index in [2.05, 4.69) is 0 Å². The SMILES string of the molecule is O=C(O)CCCN1C(=O)C(=Cc2occc2-c2cscc2[N+](=O)[O-])SC1=S. The van der Waals surface area contributed by atoms with Crippen molar-refractivity contribution < 1.29 is 24.0 Å². The van der Waals surface area contributed by atoms with Gasteiger partial charge in [-0.05, 0) is 12.5 Å². The van der Waals surface area contributed by atoms with Gasteiger partial charge in [-0.1, -0.05) is 24.0 Å². The van der Waals surface area contributed by atoms with Gasteiger partial charge in [0.25, 0.3) is 11.6 Å². The van der Waals surface area contributed by atoms with Crippen molar-refractivity contribution in [3.63, 3.8) is 0 Å². The smallest absolute Gasteiger partial charge is 0.303 e. The summed E-state index contributed by atoms with van der Waals surface area (Å²) in [4.78, 5) is 35.5. The number of carboxylic acid groups (broad SMARTS) is 1. The molecule has 0 aromatic carbocycles. The van der Waals surface area contributed by atoms with Crippen LogP contribution in [-0.4, -0.2) is 37.7 Å². The number of thiocarbonyl (C=S) groups is 1. The van der Waals surface area contributed by atoms with Gasteiger partial charge in [0, 0.05) is 30.0 Å². The molecule has 2 aromatic heterocycles. The van der Waals surface area contributed by atoms with Gasteiger partial charge in [0.15, 0.2) is 0 Å². The number of furan rings is 1. The Bertz CT molecular complexity index is 961. The number of hydrogen-bond acceptors (Lipinski definition) is 8. The standard InChI is InChI=1S/C16H12N2O6S3/c19-14(20)2-1-4-17-15(21)13(27-16(17)25)6-12-9(3-5-24-12)10-7-26-8-11(10)18(22)23/h3,5-8H,1-2,4H2,(H,19,20). The first kappa shape index (κ1) is 19.3. The fourth-order valence-corrected chi connectivity index (χ4v) is 4.56. The van der Waals surface area contributed by atoms with Gasteiger partial charge < -0.3 is 9.52 Å². The molecule has 1 aliphatic rings. The molecule has 3 rings (SSSR count). The summed E-state index contributed by atoms with van der Waals surface area (Å²) >= 11 is 7.49. The molecule has 0 atom stereocenters. The minimum atomic E-state index is -0.937. The Morgan fingerprint density at radius 1 is 1.41 bits per heavy atom. The Labute approximate surface area is 166 Å². The first-order valence-corrected chi connectivity index (χ1v) is 9.81. The second-order valence-electron chi connectivity index (χ2n) is 5.46. The third kappa shape index (κ3) is 4.10. The van der Waals surface area contributed by atoms with E-state index >= 15 is 0 Å². The molecule has 1 aliphatic heterocycles. The molecule has 0 radical (unpaired) electrons. The highest BCUT2D eigenvalue weighted by Crippen LogP contribution is 2.39. The van der Waals surface area contributed by atoms with E-state index in [-0.39, 0.29) is 24.6 Å². The normalized spacial score (nSPS) is 15.7. The second-order valence-corrected chi connectivity index (χ2v) is 7.88. The number of nitrogens with zero attached hydrogens (tertiary/aromatic N) is 2. The van der Waals surface area contributed by atoms with Crippen molar-refractivity contribution in [3.8, 4) is 11.1 Å². The molecule has 1 amide bonds. The van der Waals surface area contributed by atoms with Crippen LogP contribution in [0.2, 0.25) is 0 Å². The molecule has 0 saturated carbocycles. The minimum absolute atomic E-state index is 0.0303. The van der Waals surface area contributed by atoms with Gasteiger partial charge in [-0.25, -0.2) is 0 Å². The van der Waals surface area contributed by atoms with Gasteiger partial charge in [-0.15, -0.1) is 11.3 Å². The molecule has 1 fully saturated rings. The lowest BCUT2D eigenvalue weighted by atomic mass is 10.1. The Kier molecular flexibility index (Phi) is 5.73. The van der Waals surface area contributed by atoms with E-state index in [0.29, 0.717) is 32.5 Å². The second kappa shape index (κ2) is 8.03. The fourth-order valence-electron chi connectivity index (χ4n) is 2.49. The van der Waals surface area contributed by atoms with Crippen LogP contribution in [0.4, 0.5) is 5.69 Å². The summed E-state index contributed by atoms with van der Waals surface area (Å²) in [6.07, 6.45) is 3.14. The van der Waals surface area contributed by atoms with E-state index in [1.807, 2.05) is 0 Å². The minimum Gasteiger partial charge on any atom is -0.481 e. The van der Waals surface area contributed by atoms with Crippen LogP contribution in [0.5, 0.6) is 0 Å². The van der Waals surface area contributed by atoms with Crippen LogP contribution in [-0.2, 0) is 9.59 Å². The van der Waals surface area contributed by atoms with Gasteiger partial charge in [-0.2, -0.15) is 0 Å². The number of nitro groups is 1. The molecule has 2 aromatic rings. The van der Waals surface area contributed by atoms with E-state index in [1.54, 1.807) is 11.4 Å². The first-order valence-electron chi connectivity index (χ1n) is 7.64. The maximum atomic E-state index is 12.5. The highest BCUT2D eigenvalue weighted by atomic mass is 32.2. The van der Waals surface area contributed by atoms with Crippen molar-refractivity contribution in [1.29, 1.82) is 0 Å². The molecule has 0 bridgehead atoms. The van der Waals surface area contributed by atoms with Crippen LogP contribution in [0.25, 0.3) is 17.2 Å². The molecule has 11 heteroatoms. The highest BCUT2D eigenvalue weighted by molar-refractivity contribution is 8.26. The van der Waals surface area contributed by atoms with Crippen molar-refractivity contribution in [2.24, 2.45) is 0 Å². The molecule has 0 aliphatic carbocycles. The Balaban J connectivity index is 1.84. The summed E-state index contributed by atoms with van der Waals surface area (Å²) < 4.78 is 5.76. The zero-order valence-corrected chi connectivity index (χ0v) is 16.1. The van der Waals surface area contributed by atoms with Crippen LogP contribution in [0.15, 0.2) is 32.4 Å². The van der Waals surface area contributed by atoms with Gasteiger partial charge in [-0.3, -0.25) is 24.6 Å². The van der Waals surface area contributed by atoms with E-state index in [9.17, 15) is 19.7 Å². The molecule has 3 heterocycles. The zero-order chi connectivity index (χ0) is 19.6. The molecule has 1 saturated heterocycles. The Hall–Kier alpha value is -2.50. The Morgan fingerprint density at radius 2 is 2.19 bits per heavy atom. The summed E-state index contributed by atoms with van der Waals surface area (Å²) in [5.41, 5.74) is 0.901. The number of hydrogen-bond donors (Lipinski definition) is 1. The van der Waals surface area contributed by atoms with E-state index in [1.165, 1.54) is 34.0 Å². The molecule has 0 spiro atoms. The van der Waals surface area contributed by atoms with Crippen LogP contribution in [0.1, 0.15) is 18.6 Å². The largest absolute Gasteiger partial charge is 0.481 e. The predicted molar refractivity (Wildman–Crippen MR) is 105 cm³/mol. The number of rotatable bonds is 7. The van der Waals surface area contributed by atoms with Gasteiger partial charge in [0.2, 0.25) is 0 Å². The molecular formula is C16H12N2O6S3. The first-order chi connectivity index (χ1) is 12.9. The number of carboxylic acids is 1. The summed E-state index contributed by atoms with van der Waals surface area (Å²) in [5.74, 6) is -0.950. The van der Waals surface area contributed by atoms with Crippen LogP contribution < -0.4 is 0 Å². The van der Waals surface area contributed by atoms with Crippen molar-refractivity contribution in [3.05, 3.63) is 43.9 Å². The van der Waals surface area contributed by atoms with E-state index in [0.717, 1.165) is 11.8 Å². The lowest BCUT2D eigenvalue weighted by Gasteiger charge is -2.13. The van der Waals surface area contributed by atoms with Gasteiger partial charge in [0.1, 0.15) is 10.1 Å². The number of thioether (sulfide) groups is 1. The summed E-state index contributed by atoms with van der Waals surface area (Å²) in [5, 5.41) is 23.0. The third-order valence-corrected chi connectivity index (χ3v) is 5.84. The van der Waals surface area contributed by atoms with Crippen molar-refractivity contribution >= 4 is 63.3 Å². The Morgan fingerprint density at radius 3 is 2.89 bits per heavy atom. The third-order valence-electron chi connectivity index (χ3n) is 3.73. The van der Waals surface area contributed by atoms with Crippen molar-refractivity contribution in [1.82, 2.24) is 4.90 Å². The topological polar surface area (TPSA) is 114 Å².